The average Bonchev–Trinajstić information content (AvgIpc) is 2.90. The summed E-state index contributed by atoms with van der Waals surface area (Å²) in [6, 6.07) is 12.8. The van der Waals surface area contributed by atoms with E-state index in [9.17, 15) is 14.0 Å². The van der Waals surface area contributed by atoms with E-state index in [1.165, 1.54) is 24.3 Å². The number of hydrogen-bond acceptors (Lipinski definition) is 4. The number of imide groups is 1. The predicted molar refractivity (Wildman–Crippen MR) is 106 cm³/mol. The fourth-order valence-corrected chi connectivity index (χ4v) is 3.76. The Kier molecular flexibility index (Phi) is 5.77. The van der Waals surface area contributed by atoms with Crippen molar-refractivity contribution in [1.29, 1.82) is 0 Å². The number of rotatable bonds is 6. The summed E-state index contributed by atoms with van der Waals surface area (Å²) in [5, 5.41) is 9.13. The Bertz CT molecular complexity index is 889. The van der Waals surface area contributed by atoms with Crippen molar-refractivity contribution in [3.63, 3.8) is 0 Å². The van der Waals surface area contributed by atoms with Crippen molar-refractivity contribution in [2.45, 2.75) is 19.8 Å². The molecule has 2 aromatic rings. The van der Waals surface area contributed by atoms with Gasteiger partial charge in [-0.1, -0.05) is 38.1 Å². The van der Waals surface area contributed by atoms with Gasteiger partial charge in [-0.05, 0) is 41.3 Å². The van der Waals surface area contributed by atoms with Crippen molar-refractivity contribution in [1.82, 2.24) is 0 Å². The molecule has 0 saturated heterocycles. The largest absolute Gasteiger partial charge is 0.396 e. The summed E-state index contributed by atoms with van der Waals surface area (Å²) in [5.41, 5.74) is 2.33. The monoisotopic (exact) mass is 385 g/mol. The number of amides is 2. The highest BCUT2D eigenvalue weighted by Gasteiger charge is 2.40. The molecule has 1 aliphatic rings. The first-order valence-electron chi connectivity index (χ1n) is 8.66. The minimum absolute atomic E-state index is 0.116. The predicted octanol–water partition coefficient (Wildman–Crippen LogP) is 3.96. The molecule has 0 bridgehead atoms. The van der Waals surface area contributed by atoms with Gasteiger partial charge in [0.25, 0.3) is 11.8 Å². The van der Waals surface area contributed by atoms with Crippen LogP contribution in [0.2, 0.25) is 0 Å². The third-order valence-corrected chi connectivity index (χ3v) is 5.38. The van der Waals surface area contributed by atoms with Gasteiger partial charge in [0.1, 0.15) is 5.82 Å². The number of halogens is 1. The second-order valence-electron chi connectivity index (χ2n) is 6.48. The number of aliphatic hydroxyl groups is 1. The molecule has 3 rings (SSSR count). The number of carbonyl (C=O) groups excluding carboxylic acids is 2. The minimum atomic E-state index is -0.440. The van der Waals surface area contributed by atoms with Crippen LogP contribution in [0.1, 0.15) is 30.9 Å². The molecule has 0 radical (unpaired) electrons. The molecule has 0 aliphatic carbocycles. The molecule has 1 heterocycles. The maximum atomic E-state index is 13.3. The molecule has 0 unspecified atom stereocenters. The molecule has 2 aromatic carbocycles. The summed E-state index contributed by atoms with van der Waals surface area (Å²) in [5.74, 6) is -0.645. The van der Waals surface area contributed by atoms with Crippen LogP contribution in [-0.2, 0) is 9.59 Å². The van der Waals surface area contributed by atoms with Crippen LogP contribution in [0.3, 0.4) is 0 Å². The molecule has 0 spiro atoms. The van der Waals surface area contributed by atoms with Crippen molar-refractivity contribution in [2.75, 3.05) is 17.3 Å². The maximum Gasteiger partial charge on any atom is 0.272 e. The van der Waals surface area contributed by atoms with Gasteiger partial charge in [0.05, 0.1) is 22.8 Å². The number of anilines is 1. The van der Waals surface area contributed by atoms with Crippen LogP contribution in [0.25, 0.3) is 5.57 Å². The number of benzene rings is 2. The Morgan fingerprint density at radius 3 is 2.19 bits per heavy atom. The van der Waals surface area contributed by atoms with Crippen LogP contribution < -0.4 is 4.90 Å². The smallest absolute Gasteiger partial charge is 0.272 e. The van der Waals surface area contributed by atoms with E-state index in [2.05, 4.69) is 13.8 Å². The summed E-state index contributed by atoms with van der Waals surface area (Å²) < 4.78 is 13.3. The summed E-state index contributed by atoms with van der Waals surface area (Å²) in [4.78, 5) is 27.4. The lowest BCUT2D eigenvalue weighted by Crippen LogP contribution is -2.31. The van der Waals surface area contributed by atoms with Crippen molar-refractivity contribution in [3.8, 4) is 0 Å². The molecule has 1 N–H and O–H groups in total. The molecule has 6 heteroatoms. The summed E-state index contributed by atoms with van der Waals surface area (Å²) >= 11 is 1.13. The summed E-state index contributed by atoms with van der Waals surface area (Å²) in [6.07, 6.45) is 0. The highest BCUT2D eigenvalue weighted by atomic mass is 32.2. The minimum Gasteiger partial charge on any atom is -0.396 e. The zero-order valence-electron chi connectivity index (χ0n) is 15.1. The van der Waals surface area contributed by atoms with Crippen molar-refractivity contribution < 1.29 is 19.1 Å². The number of carbonyl (C=O) groups is 2. The van der Waals surface area contributed by atoms with Gasteiger partial charge in [-0.15, -0.1) is 11.8 Å². The van der Waals surface area contributed by atoms with Gasteiger partial charge in [0.2, 0.25) is 0 Å². The highest BCUT2D eigenvalue weighted by molar-refractivity contribution is 8.04. The number of hydrogen-bond donors (Lipinski definition) is 1. The lowest BCUT2D eigenvalue weighted by molar-refractivity contribution is -0.119. The first-order chi connectivity index (χ1) is 12.9. The van der Waals surface area contributed by atoms with Crippen LogP contribution in [-0.4, -0.2) is 29.3 Å². The maximum absolute atomic E-state index is 13.3. The van der Waals surface area contributed by atoms with E-state index in [0.717, 1.165) is 22.2 Å². The zero-order chi connectivity index (χ0) is 19.6. The fourth-order valence-electron chi connectivity index (χ4n) is 2.91. The summed E-state index contributed by atoms with van der Waals surface area (Å²) in [7, 11) is 0. The fraction of sp³-hybridized carbons (Fsp3) is 0.238. The van der Waals surface area contributed by atoms with E-state index in [4.69, 9.17) is 5.11 Å². The van der Waals surface area contributed by atoms with E-state index in [0.29, 0.717) is 22.9 Å². The standard InChI is InChI=1S/C21H20FNO3S/c1-13(2)14-5-9-17(10-6-14)23-20(25)18(15-3-7-16(22)8-4-15)19(21(23)26)27-12-11-24/h3-10,13,24H,11-12H2,1-2H3. The SMILES string of the molecule is CC(C)c1ccc(N2C(=O)C(SCCO)=C(c3ccc(F)cc3)C2=O)cc1. The highest BCUT2D eigenvalue weighted by Crippen LogP contribution is 2.38. The average molecular weight is 385 g/mol. The lowest BCUT2D eigenvalue weighted by Gasteiger charge is -2.16. The van der Waals surface area contributed by atoms with Crippen LogP contribution in [0.5, 0.6) is 0 Å². The van der Waals surface area contributed by atoms with Crippen LogP contribution in [0.4, 0.5) is 10.1 Å². The van der Waals surface area contributed by atoms with Crippen molar-refractivity contribution in [3.05, 3.63) is 70.4 Å². The van der Waals surface area contributed by atoms with Gasteiger partial charge in [0, 0.05) is 5.75 Å². The Morgan fingerprint density at radius 2 is 1.63 bits per heavy atom. The molecule has 0 fully saturated rings. The molecule has 4 nitrogen and oxygen atoms in total. The molecular weight excluding hydrogens is 365 g/mol. The topological polar surface area (TPSA) is 57.6 Å². The molecule has 1 aliphatic heterocycles. The Morgan fingerprint density at radius 1 is 1.00 bits per heavy atom. The van der Waals surface area contributed by atoms with Crippen LogP contribution >= 0.6 is 11.8 Å². The van der Waals surface area contributed by atoms with Gasteiger partial charge in [0.15, 0.2) is 0 Å². The summed E-state index contributed by atoms with van der Waals surface area (Å²) in [6.45, 7) is 4.02. The van der Waals surface area contributed by atoms with Crippen molar-refractivity contribution >= 4 is 34.8 Å². The van der Waals surface area contributed by atoms with E-state index < -0.39 is 17.6 Å². The van der Waals surface area contributed by atoms with Gasteiger partial charge >= 0.3 is 0 Å². The van der Waals surface area contributed by atoms with E-state index in [1.54, 1.807) is 12.1 Å². The van der Waals surface area contributed by atoms with Gasteiger partial charge in [-0.2, -0.15) is 0 Å². The normalized spacial score (nSPS) is 14.6. The van der Waals surface area contributed by atoms with E-state index >= 15 is 0 Å². The number of thioether (sulfide) groups is 1. The second kappa shape index (κ2) is 8.06. The van der Waals surface area contributed by atoms with E-state index in [1.807, 2.05) is 12.1 Å². The van der Waals surface area contributed by atoms with Gasteiger partial charge < -0.3 is 5.11 Å². The number of nitrogens with zero attached hydrogens (tertiary/aromatic N) is 1. The number of aliphatic hydroxyl groups excluding tert-OH is 1. The zero-order valence-corrected chi connectivity index (χ0v) is 15.9. The lowest BCUT2D eigenvalue weighted by atomic mass is 10.0. The molecule has 140 valence electrons. The molecule has 2 amide bonds. The second-order valence-corrected chi connectivity index (χ2v) is 7.58. The molecular formula is C21H20FNO3S. The molecule has 0 atom stereocenters. The van der Waals surface area contributed by atoms with Gasteiger partial charge in [-0.25, -0.2) is 9.29 Å². The molecule has 27 heavy (non-hydrogen) atoms. The Labute approximate surface area is 161 Å². The van der Waals surface area contributed by atoms with Gasteiger partial charge in [-0.3, -0.25) is 9.59 Å². The first-order valence-corrected chi connectivity index (χ1v) is 9.65. The Balaban J connectivity index is 2.01. The third kappa shape index (κ3) is 3.82. The van der Waals surface area contributed by atoms with Crippen molar-refractivity contribution in [2.24, 2.45) is 0 Å². The molecule has 0 aromatic heterocycles. The van der Waals surface area contributed by atoms with E-state index in [-0.39, 0.29) is 17.1 Å². The quantitative estimate of drug-likeness (QED) is 0.765. The van der Waals surface area contributed by atoms with Crippen LogP contribution in [0, 0.1) is 5.82 Å². The molecule has 0 saturated carbocycles. The van der Waals surface area contributed by atoms with Crippen LogP contribution in [0.15, 0.2) is 53.4 Å². The first kappa shape index (κ1) is 19.3. The Hall–Kier alpha value is -2.44. The third-order valence-electron chi connectivity index (χ3n) is 4.33.